The maximum atomic E-state index is 11.3. The highest BCUT2D eigenvalue weighted by Gasteiger charge is 2.28. The van der Waals surface area contributed by atoms with Crippen molar-refractivity contribution in [3.05, 3.63) is 0 Å². The monoisotopic (exact) mass is 258 g/mol. The maximum absolute atomic E-state index is 11.3. The molecule has 0 aromatic rings. The SMILES string of the molecule is CC(CS(C)=O)N1CCCN2CCCCC2C1. The summed E-state index contributed by atoms with van der Waals surface area (Å²) in [5.41, 5.74) is 0. The fraction of sp³-hybridized carbons (Fsp3) is 1.00. The Hall–Kier alpha value is 0.0700. The van der Waals surface area contributed by atoms with Crippen molar-refractivity contribution in [1.29, 1.82) is 0 Å². The van der Waals surface area contributed by atoms with Gasteiger partial charge in [-0.3, -0.25) is 14.0 Å². The first kappa shape index (κ1) is 13.5. The third-order valence-electron chi connectivity index (χ3n) is 4.18. The molecule has 0 bridgehead atoms. The van der Waals surface area contributed by atoms with Crippen molar-refractivity contribution in [3.63, 3.8) is 0 Å². The molecule has 100 valence electrons. The summed E-state index contributed by atoms with van der Waals surface area (Å²) in [5, 5.41) is 0. The Morgan fingerprint density at radius 1 is 1.24 bits per heavy atom. The molecule has 3 nitrogen and oxygen atoms in total. The van der Waals surface area contributed by atoms with E-state index in [1.54, 1.807) is 0 Å². The first-order valence-corrected chi connectivity index (χ1v) is 8.67. The van der Waals surface area contributed by atoms with E-state index in [0.29, 0.717) is 6.04 Å². The molecule has 0 saturated carbocycles. The van der Waals surface area contributed by atoms with E-state index < -0.39 is 10.8 Å². The summed E-state index contributed by atoms with van der Waals surface area (Å²) in [7, 11) is -0.668. The van der Waals surface area contributed by atoms with Gasteiger partial charge in [-0.1, -0.05) is 6.42 Å². The van der Waals surface area contributed by atoms with Crippen LogP contribution in [0.2, 0.25) is 0 Å². The van der Waals surface area contributed by atoms with Gasteiger partial charge >= 0.3 is 0 Å². The van der Waals surface area contributed by atoms with Gasteiger partial charge in [-0.15, -0.1) is 0 Å². The van der Waals surface area contributed by atoms with Crippen LogP contribution >= 0.6 is 0 Å². The van der Waals surface area contributed by atoms with Crippen LogP contribution in [0.25, 0.3) is 0 Å². The molecule has 4 heteroatoms. The van der Waals surface area contributed by atoms with Gasteiger partial charge in [-0.05, 0) is 45.8 Å². The topological polar surface area (TPSA) is 23.6 Å². The van der Waals surface area contributed by atoms with Crippen LogP contribution in [0.1, 0.15) is 32.6 Å². The van der Waals surface area contributed by atoms with Crippen LogP contribution in [-0.2, 0) is 10.8 Å². The second-order valence-corrected chi connectivity index (χ2v) is 7.10. The molecular weight excluding hydrogens is 232 g/mol. The quantitative estimate of drug-likeness (QED) is 0.763. The van der Waals surface area contributed by atoms with E-state index in [4.69, 9.17) is 0 Å². The highest BCUT2D eigenvalue weighted by atomic mass is 32.2. The summed E-state index contributed by atoms with van der Waals surface area (Å²) in [4.78, 5) is 5.25. The van der Waals surface area contributed by atoms with Gasteiger partial charge in [0, 0.05) is 41.4 Å². The molecule has 0 radical (unpaired) electrons. The zero-order valence-electron chi connectivity index (χ0n) is 11.2. The van der Waals surface area contributed by atoms with Gasteiger partial charge in [0.15, 0.2) is 0 Å². The number of hydrogen-bond donors (Lipinski definition) is 0. The molecule has 17 heavy (non-hydrogen) atoms. The van der Waals surface area contributed by atoms with Gasteiger partial charge in [0.25, 0.3) is 0 Å². The number of nitrogens with zero attached hydrogens (tertiary/aromatic N) is 2. The summed E-state index contributed by atoms with van der Waals surface area (Å²) in [6.07, 6.45) is 7.23. The van der Waals surface area contributed by atoms with Crippen molar-refractivity contribution in [2.24, 2.45) is 0 Å². The van der Waals surface area contributed by atoms with Gasteiger partial charge in [0.1, 0.15) is 0 Å². The summed E-state index contributed by atoms with van der Waals surface area (Å²) in [5.74, 6) is 0.826. The van der Waals surface area contributed by atoms with E-state index in [1.807, 2.05) is 6.26 Å². The van der Waals surface area contributed by atoms with Crippen molar-refractivity contribution in [1.82, 2.24) is 9.80 Å². The molecule has 0 aliphatic carbocycles. The van der Waals surface area contributed by atoms with E-state index in [0.717, 1.165) is 11.8 Å². The van der Waals surface area contributed by atoms with Crippen molar-refractivity contribution >= 4 is 10.8 Å². The van der Waals surface area contributed by atoms with Crippen LogP contribution in [0.5, 0.6) is 0 Å². The lowest BCUT2D eigenvalue weighted by Crippen LogP contribution is -2.46. The number of hydrogen-bond acceptors (Lipinski definition) is 3. The average molecular weight is 258 g/mol. The van der Waals surface area contributed by atoms with E-state index in [2.05, 4.69) is 16.7 Å². The van der Waals surface area contributed by atoms with Crippen LogP contribution in [0.15, 0.2) is 0 Å². The third-order valence-corrected chi connectivity index (χ3v) is 5.14. The molecule has 0 aromatic carbocycles. The van der Waals surface area contributed by atoms with Gasteiger partial charge in [-0.2, -0.15) is 0 Å². The fourth-order valence-corrected chi connectivity index (χ4v) is 4.14. The smallest absolute Gasteiger partial charge is 0.0385 e. The average Bonchev–Trinajstić information content (AvgIpc) is 2.49. The lowest BCUT2D eigenvalue weighted by atomic mass is 10.0. The van der Waals surface area contributed by atoms with Gasteiger partial charge in [0.2, 0.25) is 0 Å². The summed E-state index contributed by atoms with van der Waals surface area (Å²) in [6, 6.07) is 1.24. The molecule has 2 aliphatic rings. The summed E-state index contributed by atoms with van der Waals surface area (Å²) < 4.78 is 11.3. The Kier molecular flexibility index (Phi) is 5.00. The lowest BCUT2D eigenvalue weighted by Gasteiger charge is -2.36. The molecule has 2 aliphatic heterocycles. The molecule has 0 spiro atoms. The van der Waals surface area contributed by atoms with Crippen LogP contribution in [-0.4, -0.2) is 64.3 Å². The van der Waals surface area contributed by atoms with Crippen molar-refractivity contribution in [3.8, 4) is 0 Å². The molecule has 3 unspecified atom stereocenters. The van der Waals surface area contributed by atoms with E-state index in [9.17, 15) is 4.21 Å². The largest absolute Gasteiger partial charge is 0.299 e. The van der Waals surface area contributed by atoms with Crippen LogP contribution < -0.4 is 0 Å². The van der Waals surface area contributed by atoms with Crippen LogP contribution in [0.3, 0.4) is 0 Å². The highest BCUT2D eigenvalue weighted by Crippen LogP contribution is 2.21. The van der Waals surface area contributed by atoms with Crippen LogP contribution in [0, 0.1) is 0 Å². The molecule has 0 aromatic heterocycles. The number of rotatable bonds is 3. The molecule has 0 amide bonds. The maximum Gasteiger partial charge on any atom is 0.0385 e. The minimum atomic E-state index is -0.668. The Labute approximate surface area is 108 Å². The molecular formula is C13H26N2OS. The first-order valence-electron chi connectivity index (χ1n) is 6.95. The Morgan fingerprint density at radius 3 is 2.76 bits per heavy atom. The van der Waals surface area contributed by atoms with E-state index in [1.165, 1.54) is 51.9 Å². The van der Waals surface area contributed by atoms with E-state index in [-0.39, 0.29) is 0 Å². The number of fused-ring (bicyclic) bond motifs is 1. The Balaban J connectivity index is 1.93. The Morgan fingerprint density at radius 2 is 2.00 bits per heavy atom. The fourth-order valence-electron chi connectivity index (χ4n) is 3.25. The Bertz CT molecular complexity index is 272. The summed E-state index contributed by atoms with van der Waals surface area (Å²) in [6.45, 7) is 7.18. The molecule has 3 atom stereocenters. The standard InChI is InChI=1S/C13H26N2OS/c1-12(11-17(2)16)15-9-5-8-14-7-4-3-6-13(14)10-15/h12-13H,3-11H2,1-2H3. The third kappa shape index (κ3) is 3.76. The minimum absolute atomic E-state index is 0.475. The molecule has 2 heterocycles. The van der Waals surface area contributed by atoms with Crippen molar-refractivity contribution in [2.45, 2.75) is 44.7 Å². The van der Waals surface area contributed by atoms with Crippen molar-refractivity contribution < 1.29 is 4.21 Å². The van der Waals surface area contributed by atoms with Crippen molar-refractivity contribution in [2.75, 3.05) is 38.2 Å². The van der Waals surface area contributed by atoms with E-state index >= 15 is 0 Å². The van der Waals surface area contributed by atoms with Gasteiger partial charge in [0.05, 0.1) is 0 Å². The first-order chi connectivity index (χ1) is 8.16. The predicted octanol–water partition coefficient (Wildman–Crippen LogP) is 1.31. The normalized spacial score (nSPS) is 31.5. The highest BCUT2D eigenvalue weighted by molar-refractivity contribution is 7.84. The van der Waals surface area contributed by atoms with Gasteiger partial charge in [-0.25, -0.2) is 0 Å². The molecule has 2 saturated heterocycles. The zero-order chi connectivity index (χ0) is 12.3. The lowest BCUT2D eigenvalue weighted by molar-refractivity contribution is 0.127. The second kappa shape index (κ2) is 6.30. The molecule has 2 fully saturated rings. The number of piperidine rings is 1. The zero-order valence-corrected chi connectivity index (χ0v) is 12.0. The summed E-state index contributed by atoms with van der Waals surface area (Å²) >= 11 is 0. The molecule has 0 N–H and O–H groups in total. The molecule has 2 rings (SSSR count). The minimum Gasteiger partial charge on any atom is -0.299 e. The predicted molar refractivity (Wildman–Crippen MR) is 73.8 cm³/mol. The van der Waals surface area contributed by atoms with Crippen LogP contribution in [0.4, 0.5) is 0 Å². The van der Waals surface area contributed by atoms with Gasteiger partial charge < -0.3 is 0 Å². The second-order valence-electron chi connectivity index (χ2n) is 5.62.